The average Bonchev–Trinajstić information content (AvgIpc) is 2.25. The zero-order valence-electron chi connectivity index (χ0n) is 10.9. The van der Waals surface area contributed by atoms with Gasteiger partial charge in [0.15, 0.2) is 0 Å². The minimum Gasteiger partial charge on any atom is -0.393 e. The Hall–Kier alpha value is -0.110. The molecule has 0 aliphatic rings. The van der Waals surface area contributed by atoms with Crippen molar-refractivity contribution < 1.29 is 9.50 Å². The van der Waals surface area contributed by atoms with Crippen molar-refractivity contribution in [1.29, 1.82) is 0 Å². The molecule has 0 radical (unpaired) electrons. The Kier molecular flexibility index (Phi) is 12.9. The van der Waals surface area contributed by atoms with Gasteiger partial charge in [-0.3, -0.25) is 4.39 Å². The largest absolute Gasteiger partial charge is 0.393 e. The summed E-state index contributed by atoms with van der Waals surface area (Å²) < 4.78 is 11.8. The van der Waals surface area contributed by atoms with Crippen molar-refractivity contribution in [3.63, 3.8) is 0 Å². The number of aliphatic hydroxyl groups is 1. The number of hydrogen-bond donors (Lipinski definition) is 1. The van der Waals surface area contributed by atoms with E-state index in [9.17, 15) is 4.39 Å². The number of alkyl halides is 1. The van der Waals surface area contributed by atoms with E-state index in [-0.39, 0.29) is 12.8 Å². The molecule has 1 unspecified atom stereocenters. The highest BCUT2D eigenvalue weighted by Gasteiger charge is 1.96. The number of aliphatic hydroxyl groups excluding tert-OH is 1. The van der Waals surface area contributed by atoms with Gasteiger partial charge in [0.05, 0.1) is 12.8 Å². The van der Waals surface area contributed by atoms with E-state index in [4.69, 9.17) is 5.11 Å². The lowest BCUT2D eigenvalue weighted by atomic mass is 10.1. The number of rotatable bonds is 12. The van der Waals surface area contributed by atoms with Crippen molar-refractivity contribution in [2.75, 3.05) is 6.67 Å². The van der Waals surface area contributed by atoms with Crippen LogP contribution in [-0.2, 0) is 0 Å². The first-order valence-electron chi connectivity index (χ1n) is 7.01. The highest BCUT2D eigenvalue weighted by atomic mass is 19.1. The summed E-state index contributed by atoms with van der Waals surface area (Å²) in [4.78, 5) is 0. The fraction of sp³-hybridized carbons (Fsp3) is 1.00. The van der Waals surface area contributed by atoms with E-state index in [2.05, 4.69) is 0 Å². The molecule has 1 N–H and O–H groups in total. The normalized spacial score (nSPS) is 12.9. The summed E-state index contributed by atoms with van der Waals surface area (Å²) in [6.07, 6.45) is 12.8. The fourth-order valence-corrected chi connectivity index (χ4v) is 1.95. The van der Waals surface area contributed by atoms with Gasteiger partial charge in [0.25, 0.3) is 0 Å². The SMILES string of the molecule is CC(O)CCCCCCCCCCCCF. The molecule has 0 aromatic carbocycles. The maximum atomic E-state index is 11.8. The van der Waals surface area contributed by atoms with Crippen LogP contribution in [0.2, 0.25) is 0 Å². The number of halogens is 1. The fourth-order valence-electron chi connectivity index (χ4n) is 1.95. The van der Waals surface area contributed by atoms with Crippen LogP contribution in [0.15, 0.2) is 0 Å². The lowest BCUT2D eigenvalue weighted by molar-refractivity contribution is 0.180. The third-order valence-corrected chi connectivity index (χ3v) is 3.01. The van der Waals surface area contributed by atoms with E-state index in [1.54, 1.807) is 0 Å². The molecule has 0 aromatic heterocycles. The quantitative estimate of drug-likeness (QED) is 0.486. The minimum atomic E-state index is -0.150. The van der Waals surface area contributed by atoms with E-state index in [0.717, 1.165) is 25.7 Å². The molecule has 0 saturated carbocycles. The third kappa shape index (κ3) is 13.9. The molecule has 0 saturated heterocycles. The Morgan fingerprint density at radius 1 is 0.750 bits per heavy atom. The summed E-state index contributed by atoms with van der Waals surface area (Å²) >= 11 is 0. The molecule has 0 aliphatic heterocycles. The van der Waals surface area contributed by atoms with Crippen LogP contribution >= 0.6 is 0 Å². The average molecular weight is 232 g/mol. The molecule has 1 atom stereocenters. The lowest BCUT2D eigenvalue weighted by Crippen LogP contribution is -1.98. The highest BCUT2D eigenvalue weighted by Crippen LogP contribution is 2.11. The molecule has 0 fully saturated rings. The standard InChI is InChI=1S/C14H29FO/c1-14(16)12-10-8-6-4-2-3-5-7-9-11-13-15/h14,16H,2-13H2,1H3. The van der Waals surface area contributed by atoms with Crippen LogP contribution in [-0.4, -0.2) is 17.9 Å². The van der Waals surface area contributed by atoms with Crippen molar-refractivity contribution in [3.05, 3.63) is 0 Å². The molecular weight excluding hydrogens is 203 g/mol. The maximum absolute atomic E-state index is 11.8. The molecule has 0 rings (SSSR count). The van der Waals surface area contributed by atoms with Gasteiger partial charge in [-0.1, -0.05) is 57.8 Å². The molecule has 2 heteroatoms. The van der Waals surface area contributed by atoms with Gasteiger partial charge in [-0.15, -0.1) is 0 Å². The first-order chi connectivity index (χ1) is 7.77. The number of hydrogen-bond acceptors (Lipinski definition) is 1. The Morgan fingerprint density at radius 2 is 1.12 bits per heavy atom. The Morgan fingerprint density at radius 3 is 1.50 bits per heavy atom. The first kappa shape index (κ1) is 15.9. The van der Waals surface area contributed by atoms with Crippen LogP contribution in [0.4, 0.5) is 4.39 Å². The summed E-state index contributed by atoms with van der Waals surface area (Å²) in [7, 11) is 0. The van der Waals surface area contributed by atoms with E-state index < -0.39 is 0 Å². The molecule has 0 aliphatic carbocycles. The third-order valence-electron chi connectivity index (χ3n) is 3.01. The van der Waals surface area contributed by atoms with Crippen LogP contribution in [0, 0.1) is 0 Å². The van der Waals surface area contributed by atoms with Crippen molar-refractivity contribution in [2.24, 2.45) is 0 Å². The second-order valence-corrected chi connectivity index (χ2v) is 4.86. The number of unbranched alkanes of at least 4 members (excludes halogenated alkanes) is 9. The molecule has 0 bridgehead atoms. The zero-order chi connectivity index (χ0) is 12.1. The van der Waals surface area contributed by atoms with E-state index in [1.165, 1.54) is 44.9 Å². The van der Waals surface area contributed by atoms with Crippen LogP contribution in [0.1, 0.15) is 77.6 Å². The van der Waals surface area contributed by atoms with Gasteiger partial charge < -0.3 is 5.11 Å². The van der Waals surface area contributed by atoms with Gasteiger partial charge in [0.2, 0.25) is 0 Å². The lowest BCUT2D eigenvalue weighted by Gasteiger charge is -2.04. The maximum Gasteiger partial charge on any atom is 0.0894 e. The molecule has 0 heterocycles. The van der Waals surface area contributed by atoms with Gasteiger partial charge in [0, 0.05) is 0 Å². The second kappa shape index (κ2) is 13.0. The summed E-state index contributed by atoms with van der Waals surface area (Å²) in [5.74, 6) is 0. The Labute approximate surface area is 100 Å². The van der Waals surface area contributed by atoms with Crippen molar-refractivity contribution >= 4 is 0 Å². The van der Waals surface area contributed by atoms with Gasteiger partial charge >= 0.3 is 0 Å². The van der Waals surface area contributed by atoms with Gasteiger partial charge in [-0.2, -0.15) is 0 Å². The monoisotopic (exact) mass is 232 g/mol. The zero-order valence-corrected chi connectivity index (χ0v) is 10.9. The van der Waals surface area contributed by atoms with Crippen LogP contribution < -0.4 is 0 Å². The Balaban J connectivity index is 2.88. The molecule has 0 aromatic rings. The predicted molar refractivity (Wildman–Crippen MR) is 68.4 cm³/mol. The van der Waals surface area contributed by atoms with Gasteiger partial charge in [0.1, 0.15) is 0 Å². The minimum absolute atomic E-state index is 0.129. The molecule has 16 heavy (non-hydrogen) atoms. The summed E-state index contributed by atoms with van der Waals surface area (Å²) in [6.45, 7) is 1.71. The van der Waals surface area contributed by atoms with E-state index >= 15 is 0 Å². The van der Waals surface area contributed by atoms with Crippen molar-refractivity contribution in [3.8, 4) is 0 Å². The highest BCUT2D eigenvalue weighted by molar-refractivity contribution is 4.50. The topological polar surface area (TPSA) is 20.2 Å². The van der Waals surface area contributed by atoms with Gasteiger partial charge in [-0.05, 0) is 19.8 Å². The van der Waals surface area contributed by atoms with E-state index in [0.29, 0.717) is 0 Å². The molecule has 1 nitrogen and oxygen atoms in total. The smallest absolute Gasteiger partial charge is 0.0894 e. The summed E-state index contributed by atoms with van der Waals surface area (Å²) in [5, 5.41) is 9.07. The molecule has 0 amide bonds. The summed E-state index contributed by atoms with van der Waals surface area (Å²) in [5.41, 5.74) is 0. The van der Waals surface area contributed by atoms with Crippen LogP contribution in [0.3, 0.4) is 0 Å². The van der Waals surface area contributed by atoms with E-state index in [1.807, 2.05) is 6.92 Å². The van der Waals surface area contributed by atoms with Crippen LogP contribution in [0.5, 0.6) is 0 Å². The second-order valence-electron chi connectivity index (χ2n) is 4.86. The first-order valence-corrected chi connectivity index (χ1v) is 7.01. The molecular formula is C14H29FO. The summed E-state index contributed by atoms with van der Waals surface area (Å²) in [6, 6.07) is 0. The van der Waals surface area contributed by atoms with Crippen molar-refractivity contribution in [1.82, 2.24) is 0 Å². The Bertz CT molecular complexity index is 126. The van der Waals surface area contributed by atoms with Crippen LogP contribution in [0.25, 0.3) is 0 Å². The van der Waals surface area contributed by atoms with Crippen molar-refractivity contribution in [2.45, 2.75) is 83.7 Å². The predicted octanol–water partition coefficient (Wildman–Crippen LogP) is 4.63. The van der Waals surface area contributed by atoms with Gasteiger partial charge in [-0.25, -0.2) is 0 Å². The molecule has 98 valence electrons. The molecule has 0 spiro atoms.